The third kappa shape index (κ3) is 5.31. The number of amides is 1. The fraction of sp³-hybridized carbons (Fsp3) is 0.933. The highest BCUT2D eigenvalue weighted by molar-refractivity contribution is 5.85. The maximum atomic E-state index is 11.7. The van der Waals surface area contributed by atoms with Gasteiger partial charge in [-0.3, -0.25) is 4.79 Å². The van der Waals surface area contributed by atoms with Gasteiger partial charge in [-0.1, -0.05) is 34.1 Å². The van der Waals surface area contributed by atoms with Crippen LogP contribution in [0.25, 0.3) is 0 Å². The van der Waals surface area contributed by atoms with E-state index in [1.54, 1.807) is 0 Å². The van der Waals surface area contributed by atoms with Gasteiger partial charge in [0.05, 0.1) is 6.04 Å². The molecule has 1 rings (SSSR count). The Labute approximate surface area is 124 Å². The second-order valence-corrected chi connectivity index (χ2v) is 6.41. The number of halogens is 1. The Bertz CT molecular complexity index is 273. The molecule has 0 bridgehead atoms. The van der Waals surface area contributed by atoms with Gasteiger partial charge >= 0.3 is 0 Å². The zero-order chi connectivity index (χ0) is 13.8. The van der Waals surface area contributed by atoms with Crippen molar-refractivity contribution < 1.29 is 4.79 Å². The predicted octanol–water partition coefficient (Wildman–Crippen LogP) is 3.26. The summed E-state index contributed by atoms with van der Waals surface area (Å²) in [5, 5.41) is 3.10. The number of carbonyl (C=O) groups is 1. The summed E-state index contributed by atoms with van der Waals surface area (Å²) in [7, 11) is 0. The molecule has 3 N–H and O–H groups in total. The van der Waals surface area contributed by atoms with Crippen LogP contribution in [0, 0.1) is 11.3 Å². The predicted molar refractivity (Wildman–Crippen MR) is 83.5 cm³/mol. The van der Waals surface area contributed by atoms with E-state index in [2.05, 4.69) is 26.1 Å². The summed E-state index contributed by atoms with van der Waals surface area (Å²) in [5.74, 6) is 0.825. The third-order valence-electron chi connectivity index (χ3n) is 4.87. The first-order chi connectivity index (χ1) is 8.40. The molecule has 0 spiro atoms. The van der Waals surface area contributed by atoms with Crippen LogP contribution in [0.3, 0.4) is 0 Å². The van der Waals surface area contributed by atoms with Crippen LogP contribution in [0.15, 0.2) is 0 Å². The zero-order valence-electron chi connectivity index (χ0n) is 12.9. The lowest BCUT2D eigenvalue weighted by molar-refractivity contribution is -0.123. The highest BCUT2D eigenvalue weighted by atomic mass is 35.5. The molecule has 4 heteroatoms. The van der Waals surface area contributed by atoms with Crippen LogP contribution in [0.2, 0.25) is 0 Å². The van der Waals surface area contributed by atoms with Crippen LogP contribution in [0.4, 0.5) is 0 Å². The fourth-order valence-electron chi connectivity index (χ4n) is 2.80. The second kappa shape index (κ2) is 8.11. The summed E-state index contributed by atoms with van der Waals surface area (Å²) < 4.78 is 0. The van der Waals surface area contributed by atoms with Gasteiger partial charge in [-0.2, -0.15) is 0 Å². The van der Waals surface area contributed by atoms with Crippen LogP contribution in [-0.2, 0) is 4.79 Å². The second-order valence-electron chi connectivity index (χ2n) is 6.41. The van der Waals surface area contributed by atoms with Crippen LogP contribution in [-0.4, -0.2) is 18.0 Å². The smallest absolute Gasteiger partial charge is 0.237 e. The first-order valence-electron chi connectivity index (χ1n) is 7.46. The quantitative estimate of drug-likeness (QED) is 0.816. The van der Waals surface area contributed by atoms with Crippen molar-refractivity contribution >= 4 is 18.3 Å². The number of hydrogen-bond donors (Lipinski definition) is 2. The summed E-state index contributed by atoms with van der Waals surface area (Å²) in [6, 6.07) is 0.00816. The van der Waals surface area contributed by atoms with E-state index >= 15 is 0 Å². The Morgan fingerprint density at radius 2 is 1.79 bits per heavy atom. The van der Waals surface area contributed by atoms with Gasteiger partial charge in [-0.05, 0) is 43.4 Å². The standard InChI is InChI=1S/C15H30N2O.ClH/c1-5-13(16)14(18)17-12-9-7-11(8-10-12)15(3,4)6-2;/h11-13H,5-10,16H2,1-4H3,(H,17,18);1H/t11?,12?,13-;/m0./s1. The first-order valence-corrected chi connectivity index (χ1v) is 7.46. The van der Waals surface area contributed by atoms with Gasteiger partial charge in [0.1, 0.15) is 0 Å². The molecule has 1 amide bonds. The fourth-order valence-corrected chi connectivity index (χ4v) is 2.80. The average Bonchev–Trinajstić information content (AvgIpc) is 2.38. The topological polar surface area (TPSA) is 55.1 Å². The third-order valence-corrected chi connectivity index (χ3v) is 4.87. The van der Waals surface area contributed by atoms with E-state index in [4.69, 9.17) is 5.73 Å². The number of nitrogens with two attached hydrogens (primary N) is 1. The first kappa shape index (κ1) is 18.7. The Morgan fingerprint density at radius 1 is 1.26 bits per heavy atom. The Balaban J connectivity index is 0.00000324. The van der Waals surface area contributed by atoms with E-state index in [0.29, 0.717) is 17.9 Å². The Morgan fingerprint density at radius 3 is 2.21 bits per heavy atom. The van der Waals surface area contributed by atoms with Gasteiger partial charge < -0.3 is 11.1 Å². The van der Waals surface area contributed by atoms with Gasteiger partial charge in [0.15, 0.2) is 0 Å². The van der Waals surface area contributed by atoms with Crippen LogP contribution < -0.4 is 11.1 Å². The number of rotatable bonds is 5. The summed E-state index contributed by atoms with van der Waals surface area (Å²) >= 11 is 0. The summed E-state index contributed by atoms with van der Waals surface area (Å²) in [6.07, 6.45) is 6.62. The van der Waals surface area contributed by atoms with Gasteiger partial charge in [-0.25, -0.2) is 0 Å². The lowest BCUT2D eigenvalue weighted by atomic mass is 9.69. The van der Waals surface area contributed by atoms with Gasteiger partial charge in [-0.15, -0.1) is 12.4 Å². The molecule has 3 nitrogen and oxygen atoms in total. The van der Waals surface area contributed by atoms with Crippen molar-refractivity contribution in [2.24, 2.45) is 17.1 Å². The van der Waals surface area contributed by atoms with E-state index in [1.807, 2.05) is 6.92 Å². The van der Waals surface area contributed by atoms with Crippen molar-refractivity contribution in [1.29, 1.82) is 0 Å². The molecule has 1 aliphatic carbocycles. The van der Waals surface area contributed by atoms with Crippen LogP contribution >= 0.6 is 12.4 Å². The molecule has 0 unspecified atom stereocenters. The summed E-state index contributed by atoms with van der Waals surface area (Å²) in [4.78, 5) is 11.7. The number of nitrogens with one attached hydrogen (secondary N) is 1. The summed E-state index contributed by atoms with van der Waals surface area (Å²) in [6.45, 7) is 8.95. The van der Waals surface area contributed by atoms with E-state index < -0.39 is 0 Å². The van der Waals surface area contributed by atoms with Gasteiger partial charge in [0.25, 0.3) is 0 Å². The normalized spacial score (nSPS) is 25.3. The maximum absolute atomic E-state index is 11.7. The molecule has 0 aromatic carbocycles. The molecule has 0 aliphatic heterocycles. The zero-order valence-corrected chi connectivity index (χ0v) is 13.7. The Kier molecular flexibility index (Phi) is 7.99. The lowest BCUT2D eigenvalue weighted by Crippen LogP contribution is -2.46. The van der Waals surface area contributed by atoms with Crippen molar-refractivity contribution in [3.05, 3.63) is 0 Å². The molecule has 0 aromatic rings. The maximum Gasteiger partial charge on any atom is 0.237 e. The average molecular weight is 291 g/mol. The number of hydrogen-bond acceptors (Lipinski definition) is 2. The van der Waals surface area contributed by atoms with Gasteiger partial charge in [0.2, 0.25) is 5.91 Å². The molecular weight excluding hydrogens is 260 g/mol. The SMILES string of the molecule is CC[C@H](N)C(=O)NC1CCC(C(C)(C)CC)CC1.Cl. The van der Waals surface area contributed by atoms with E-state index in [9.17, 15) is 4.79 Å². The molecule has 1 aliphatic rings. The minimum Gasteiger partial charge on any atom is -0.352 e. The van der Waals surface area contributed by atoms with E-state index in [-0.39, 0.29) is 24.4 Å². The van der Waals surface area contributed by atoms with Crippen LogP contribution in [0.1, 0.15) is 66.2 Å². The molecule has 0 saturated heterocycles. The highest BCUT2D eigenvalue weighted by Gasteiger charge is 2.32. The molecule has 0 aromatic heterocycles. The minimum absolute atomic E-state index is 0. The van der Waals surface area contributed by atoms with Crippen molar-refractivity contribution in [1.82, 2.24) is 5.32 Å². The van der Waals surface area contributed by atoms with Crippen molar-refractivity contribution in [3.8, 4) is 0 Å². The van der Waals surface area contributed by atoms with Crippen molar-refractivity contribution in [3.63, 3.8) is 0 Å². The van der Waals surface area contributed by atoms with Crippen LogP contribution in [0.5, 0.6) is 0 Å². The molecule has 0 radical (unpaired) electrons. The molecule has 1 fully saturated rings. The Hall–Kier alpha value is -0.280. The molecule has 0 heterocycles. The molecule has 114 valence electrons. The lowest BCUT2D eigenvalue weighted by Gasteiger charge is -2.39. The molecule has 1 atom stereocenters. The van der Waals surface area contributed by atoms with E-state index in [0.717, 1.165) is 18.8 Å². The van der Waals surface area contributed by atoms with E-state index in [1.165, 1.54) is 19.3 Å². The molecule has 1 saturated carbocycles. The van der Waals surface area contributed by atoms with Gasteiger partial charge in [0, 0.05) is 6.04 Å². The van der Waals surface area contributed by atoms with Crippen molar-refractivity contribution in [2.75, 3.05) is 0 Å². The molecular formula is C15H31ClN2O. The monoisotopic (exact) mass is 290 g/mol. The molecule has 19 heavy (non-hydrogen) atoms. The highest BCUT2D eigenvalue weighted by Crippen LogP contribution is 2.40. The largest absolute Gasteiger partial charge is 0.352 e. The summed E-state index contributed by atoms with van der Waals surface area (Å²) in [5.41, 5.74) is 6.18. The number of carbonyl (C=O) groups excluding carboxylic acids is 1. The minimum atomic E-state index is -0.338. The van der Waals surface area contributed by atoms with Crippen molar-refractivity contribution in [2.45, 2.75) is 78.3 Å².